The summed E-state index contributed by atoms with van der Waals surface area (Å²) in [6, 6.07) is 7.01. The summed E-state index contributed by atoms with van der Waals surface area (Å²) >= 11 is 0. The van der Waals surface area contributed by atoms with Crippen molar-refractivity contribution in [2.75, 3.05) is 6.54 Å². The van der Waals surface area contributed by atoms with E-state index in [2.05, 4.69) is 22.1 Å². The largest absolute Gasteiger partial charge is 0.501 e. The van der Waals surface area contributed by atoms with Crippen LogP contribution in [0.3, 0.4) is 0 Å². The third kappa shape index (κ3) is 4.49. The summed E-state index contributed by atoms with van der Waals surface area (Å²) in [4.78, 5) is 34.7. The monoisotopic (exact) mass is 512 g/mol. The molecule has 37 heavy (non-hydrogen) atoms. The maximum Gasteiger partial charge on any atom is 0.426 e. The molecule has 0 spiro atoms. The van der Waals surface area contributed by atoms with Gasteiger partial charge in [0.1, 0.15) is 6.21 Å². The molecule has 1 aromatic heterocycles. The van der Waals surface area contributed by atoms with Crippen LogP contribution in [-0.2, 0) is 6.42 Å². The molecule has 194 valence electrons. The molecule has 7 nitrogen and oxygen atoms in total. The molecule has 0 radical (unpaired) electrons. The standard InChI is InChI=1S/C27H27F3N4O3/c1-15(2)33-13-20(21-18-9-5-3-7-16(18)11-12-17-8-4-6-10-19(17)21)34-22(25(33)37)23(35)24(36)32-26(34)31-14-27(28,29)30/h3-5,7-9,14-15,20-21,35H,6,10-13H2,1-2H3/b31-14-/t20-,21?/m1/s1. The van der Waals surface area contributed by atoms with Gasteiger partial charge in [-0.2, -0.15) is 18.2 Å². The fourth-order valence-corrected chi connectivity index (χ4v) is 5.75. The number of aliphatic imine (C=N–C) groups is 1. The van der Waals surface area contributed by atoms with Gasteiger partial charge in [-0.1, -0.05) is 42.0 Å². The van der Waals surface area contributed by atoms with Gasteiger partial charge in [-0.05, 0) is 56.2 Å². The fraction of sp³-hybridized carbons (Fsp3) is 0.407. The van der Waals surface area contributed by atoms with Gasteiger partial charge in [0.05, 0.1) is 6.04 Å². The van der Waals surface area contributed by atoms with Crippen molar-refractivity contribution in [2.45, 2.75) is 63.7 Å². The van der Waals surface area contributed by atoms with E-state index in [1.54, 1.807) is 4.90 Å². The summed E-state index contributed by atoms with van der Waals surface area (Å²) in [6.45, 7) is 3.79. The second kappa shape index (κ2) is 9.32. The molecule has 5 rings (SSSR count). The van der Waals surface area contributed by atoms with Crippen molar-refractivity contribution in [3.63, 3.8) is 0 Å². The van der Waals surface area contributed by atoms with E-state index in [1.807, 2.05) is 38.1 Å². The quantitative estimate of drug-likeness (QED) is 0.587. The normalized spacial score (nSPS) is 21.8. The van der Waals surface area contributed by atoms with Gasteiger partial charge in [0.25, 0.3) is 5.91 Å². The Kier molecular flexibility index (Phi) is 6.29. The molecule has 1 aliphatic heterocycles. The van der Waals surface area contributed by atoms with Gasteiger partial charge in [-0.25, -0.2) is 4.99 Å². The summed E-state index contributed by atoms with van der Waals surface area (Å²) in [5.74, 6) is -2.40. The second-order valence-electron chi connectivity index (χ2n) is 9.87. The molecule has 1 aromatic carbocycles. The average molecular weight is 513 g/mol. The van der Waals surface area contributed by atoms with Crippen molar-refractivity contribution in [3.05, 3.63) is 74.7 Å². The van der Waals surface area contributed by atoms with Crippen LogP contribution in [0.2, 0.25) is 0 Å². The number of rotatable bonds is 3. The Morgan fingerprint density at radius 1 is 1.16 bits per heavy atom. The zero-order valence-electron chi connectivity index (χ0n) is 20.5. The van der Waals surface area contributed by atoms with E-state index < -0.39 is 35.4 Å². The Hall–Kier alpha value is -3.69. The van der Waals surface area contributed by atoms with E-state index in [4.69, 9.17) is 0 Å². The number of fused-ring (bicyclic) bond motifs is 2. The van der Waals surface area contributed by atoms with Crippen molar-refractivity contribution < 1.29 is 23.1 Å². The van der Waals surface area contributed by atoms with Gasteiger partial charge < -0.3 is 10.0 Å². The fourth-order valence-electron chi connectivity index (χ4n) is 5.75. The highest BCUT2D eigenvalue weighted by Gasteiger charge is 2.43. The van der Waals surface area contributed by atoms with Crippen LogP contribution in [0.5, 0.6) is 5.75 Å². The maximum atomic E-state index is 13.5. The van der Waals surface area contributed by atoms with E-state index in [0.717, 1.165) is 42.4 Å². The number of nitrogens with zero attached hydrogens (tertiary/aromatic N) is 4. The lowest BCUT2D eigenvalue weighted by Gasteiger charge is -2.43. The van der Waals surface area contributed by atoms with Crippen molar-refractivity contribution in [1.82, 2.24) is 14.5 Å². The first-order valence-electron chi connectivity index (χ1n) is 12.3. The second-order valence-corrected chi connectivity index (χ2v) is 9.87. The Morgan fingerprint density at radius 2 is 1.92 bits per heavy atom. The first-order valence-corrected chi connectivity index (χ1v) is 12.3. The SMILES string of the molecule is CC(C)N1C[C@H](C2C3=C(C=CCC3)CCc3ccccc32)n2c(/N=C\C(F)(F)F)nc(=O)c(O)c2C1=O. The molecule has 0 fully saturated rings. The van der Waals surface area contributed by atoms with Crippen LogP contribution in [0.25, 0.3) is 0 Å². The van der Waals surface area contributed by atoms with Crippen LogP contribution in [0.4, 0.5) is 19.1 Å². The molecule has 0 saturated heterocycles. The zero-order valence-corrected chi connectivity index (χ0v) is 20.5. The van der Waals surface area contributed by atoms with Gasteiger partial charge >= 0.3 is 11.7 Å². The molecule has 2 atom stereocenters. The van der Waals surface area contributed by atoms with E-state index in [1.165, 1.54) is 10.1 Å². The predicted molar refractivity (Wildman–Crippen MR) is 132 cm³/mol. The number of carbonyl (C=O) groups excluding carboxylic acids is 1. The van der Waals surface area contributed by atoms with Crippen molar-refractivity contribution in [1.29, 1.82) is 0 Å². The average Bonchev–Trinajstić information content (AvgIpc) is 3.01. The summed E-state index contributed by atoms with van der Waals surface area (Å²) in [7, 11) is 0. The molecule has 2 aromatic rings. The molecule has 10 heteroatoms. The number of hydrogen-bond donors (Lipinski definition) is 1. The van der Waals surface area contributed by atoms with E-state index in [0.29, 0.717) is 0 Å². The van der Waals surface area contributed by atoms with Gasteiger partial charge in [-0.15, -0.1) is 0 Å². The van der Waals surface area contributed by atoms with E-state index >= 15 is 0 Å². The highest BCUT2D eigenvalue weighted by Crippen LogP contribution is 2.48. The highest BCUT2D eigenvalue weighted by molar-refractivity contribution is 5.96. The minimum absolute atomic E-state index is 0.154. The zero-order chi connectivity index (χ0) is 26.5. The number of alkyl halides is 3. The van der Waals surface area contributed by atoms with Gasteiger partial charge in [0.15, 0.2) is 5.69 Å². The highest BCUT2D eigenvalue weighted by atomic mass is 19.4. The smallest absolute Gasteiger partial charge is 0.426 e. The summed E-state index contributed by atoms with van der Waals surface area (Å²) < 4.78 is 40.6. The van der Waals surface area contributed by atoms with Gasteiger partial charge in [-0.3, -0.25) is 14.2 Å². The summed E-state index contributed by atoms with van der Waals surface area (Å²) in [5.41, 5.74) is 2.87. The number of amides is 1. The first kappa shape index (κ1) is 25.0. The third-order valence-electron chi connectivity index (χ3n) is 7.34. The number of allylic oxidation sites excluding steroid dienone is 4. The minimum Gasteiger partial charge on any atom is -0.501 e. The molecule has 2 heterocycles. The number of aromatic hydroxyl groups is 1. The number of aromatic nitrogens is 2. The molecular weight excluding hydrogens is 485 g/mol. The predicted octanol–water partition coefficient (Wildman–Crippen LogP) is 5.00. The third-order valence-corrected chi connectivity index (χ3v) is 7.34. The van der Waals surface area contributed by atoms with Crippen LogP contribution in [-0.4, -0.2) is 50.4 Å². The van der Waals surface area contributed by atoms with E-state index in [-0.39, 0.29) is 30.4 Å². The topological polar surface area (TPSA) is 87.8 Å². The first-order chi connectivity index (χ1) is 17.6. The Bertz CT molecular complexity index is 1400. The number of carbonyl (C=O) groups is 1. The number of aryl methyl sites for hydroxylation is 1. The van der Waals surface area contributed by atoms with Crippen molar-refractivity contribution in [3.8, 4) is 5.75 Å². The number of benzene rings is 1. The molecule has 1 amide bonds. The number of halogens is 3. The van der Waals surface area contributed by atoms with Crippen LogP contribution >= 0.6 is 0 Å². The minimum atomic E-state index is -4.76. The summed E-state index contributed by atoms with van der Waals surface area (Å²) in [6.07, 6.45) is 2.42. The summed E-state index contributed by atoms with van der Waals surface area (Å²) in [5, 5.41) is 10.7. The molecule has 0 bridgehead atoms. The van der Waals surface area contributed by atoms with E-state index in [9.17, 15) is 27.9 Å². The number of hydrogen-bond acceptors (Lipinski definition) is 5. The van der Waals surface area contributed by atoms with Crippen LogP contribution in [0.15, 0.2) is 57.4 Å². The van der Waals surface area contributed by atoms with Crippen LogP contribution in [0, 0.1) is 0 Å². The molecular formula is C27H27F3N4O3. The Labute approximate surface area is 211 Å². The Balaban J connectivity index is 1.83. The molecule has 2 aliphatic carbocycles. The molecule has 0 saturated carbocycles. The van der Waals surface area contributed by atoms with Gasteiger partial charge in [0, 0.05) is 18.5 Å². The van der Waals surface area contributed by atoms with Crippen molar-refractivity contribution in [2.24, 2.45) is 4.99 Å². The van der Waals surface area contributed by atoms with Crippen LogP contribution < -0.4 is 5.56 Å². The Morgan fingerprint density at radius 3 is 2.65 bits per heavy atom. The van der Waals surface area contributed by atoms with Crippen molar-refractivity contribution >= 4 is 18.1 Å². The lowest BCUT2D eigenvalue weighted by Crippen LogP contribution is -2.49. The molecule has 3 aliphatic rings. The van der Waals surface area contributed by atoms with Crippen LogP contribution in [0.1, 0.15) is 66.7 Å². The lowest BCUT2D eigenvalue weighted by atomic mass is 9.77. The maximum absolute atomic E-state index is 13.5. The lowest BCUT2D eigenvalue weighted by molar-refractivity contribution is -0.0535. The molecule has 1 unspecified atom stereocenters. The molecule has 1 N–H and O–H groups in total. The van der Waals surface area contributed by atoms with Gasteiger partial charge in [0.2, 0.25) is 11.7 Å².